The lowest BCUT2D eigenvalue weighted by Gasteiger charge is -2.22. The summed E-state index contributed by atoms with van der Waals surface area (Å²) in [7, 11) is 0. The number of aliphatic hydroxyl groups is 1. The number of hydrogen-bond donors (Lipinski definition) is 2. The van der Waals surface area contributed by atoms with Crippen molar-refractivity contribution in [2.24, 2.45) is 5.73 Å². The van der Waals surface area contributed by atoms with Crippen molar-refractivity contribution < 1.29 is 5.11 Å². The predicted molar refractivity (Wildman–Crippen MR) is 65.4 cm³/mol. The van der Waals surface area contributed by atoms with E-state index < -0.39 is 5.60 Å². The molecule has 1 atom stereocenters. The molecule has 1 heterocycles. The van der Waals surface area contributed by atoms with Crippen LogP contribution < -0.4 is 5.73 Å². The van der Waals surface area contributed by atoms with E-state index in [2.05, 4.69) is 4.98 Å². The van der Waals surface area contributed by atoms with Gasteiger partial charge in [-0.2, -0.15) is 0 Å². The molecule has 1 unspecified atom stereocenters. The maximum Gasteiger partial charge on any atom is 0.135 e. The van der Waals surface area contributed by atoms with Crippen LogP contribution in [0.2, 0.25) is 5.15 Å². The molecule has 0 fully saturated rings. The molecule has 0 bridgehead atoms. The highest BCUT2D eigenvalue weighted by atomic mass is 35.5. The molecule has 0 saturated carbocycles. The third-order valence-electron chi connectivity index (χ3n) is 2.66. The normalized spacial score (nSPS) is 15.0. The van der Waals surface area contributed by atoms with Crippen LogP contribution in [-0.2, 0) is 5.60 Å². The average Bonchev–Trinajstić information content (AvgIpc) is 2.28. The first-order valence-electron chi connectivity index (χ1n) is 5.03. The number of aromatic nitrogens is 1. The lowest BCUT2D eigenvalue weighted by Crippen LogP contribution is -2.31. The van der Waals surface area contributed by atoms with Gasteiger partial charge < -0.3 is 10.8 Å². The van der Waals surface area contributed by atoms with Crippen LogP contribution in [0, 0.1) is 0 Å². The fourth-order valence-corrected chi connectivity index (χ4v) is 1.93. The Bertz CT molecular complexity index is 525. The Morgan fingerprint density at radius 3 is 2.81 bits per heavy atom. The van der Waals surface area contributed by atoms with Crippen LogP contribution in [0.25, 0.3) is 10.9 Å². The average molecular weight is 237 g/mol. The topological polar surface area (TPSA) is 59.1 Å². The van der Waals surface area contributed by atoms with Gasteiger partial charge in [0.25, 0.3) is 0 Å². The van der Waals surface area contributed by atoms with Crippen molar-refractivity contribution in [2.75, 3.05) is 6.54 Å². The lowest BCUT2D eigenvalue weighted by atomic mass is 9.96. The Morgan fingerprint density at radius 1 is 1.44 bits per heavy atom. The summed E-state index contributed by atoms with van der Waals surface area (Å²) >= 11 is 6.04. The van der Waals surface area contributed by atoms with Crippen molar-refractivity contribution in [2.45, 2.75) is 12.5 Å². The molecule has 0 aliphatic rings. The Morgan fingerprint density at radius 2 is 2.12 bits per heavy atom. The largest absolute Gasteiger partial charge is 0.384 e. The van der Waals surface area contributed by atoms with Gasteiger partial charge in [0.05, 0.1) is 5.52 Å². The summed E-state index contributed by atoms with van der Waals surface area (Å²) in [5.74, 6) is 0. The summed E-state index contributed by atoms with van der Waals surface area (Å²) in [6.45, 7) is 1.73. The van der Waals surface area contributed by atoms with Gasteiger partial charge in [0.15, 0.2) is 0 Å². The first-order valence-corrected chi connectivity index (χ1v) is 5.40. The molecule has 3 nitrogen and oxygen atoms in total. The van der Waals surface area contributed by atoms with Crippen LogP contribution in [0.1, 0.15) is 12.5 Å². The van der Waals surface area contributed by atoms with E-state index in [1.807, 2.05) is 30.3 Å². The Labute approximate surface area is 98.9 Å². The van der Waals surface area contributed by atoms with E-state index in [4.69, 9.17) is 17.3 Å². The van der Waals surface area contributed by atoms with Gasteiger partial charge in [0.2, 0.25) is 0 Å². The molecule has 0 aliphatic carbocycles. The number of pyridine rings is 1. The van der Waals surface area contributed by atoms with Gasteiger partial charge in [-0.25, -0.2) is 4.98 Å². The van der Waals surface area contributed by atoms with Crippen molar-refractivity contribution in [1.29, 1.82) is 0 Å². The van der Waals surface area contributed by atoms with E-state index in [-0.39, 0.29) is 6.54 Å². The fraction of sp³-hybridized carbons (Fsp3) is 0.250. The smallest absolute Gasteiger partial charge is 0.135 e. The molecule has 2 rings (SSSR count). The third-order valence-corrected chi connectivity index (χ3v) is 2.94. The van der Waals surface area contributed by atoms with Gasteiger partial charge in [0.1, 0.15) is 10.8 Å². The van der Waals surface area contributed by atoms with Gasteiger partial charge in [-0.3, -0.25) is 0 Å². The van der Waals surface area contributed by atoms with Gasteiger partial charge in [-0.15, -0.1) is 0 Å². The van der Waals surface area contributed by atoms with Crippen LogP contribution in [0.5, 0.6) is 0 Å². The van der Waals surface area contributed by atoms with Crippen LogP contribution in [-0.4, -0.2) is 16.6 Å². The molecule has 16 heavy (non-hydrogen) atoms. The molecule has 1 aromatic heterocycles. The summed E-state index contributed by atoms with van der Waals surface area (Å²) < 4.78 is 0. The zero-order valence-corrected chi connectivity index (χ0v) is 9.70. The predicted octanol–water partition coefficient (Wildman–Crippen LogP) is 2.05. The second-order valence-corrected chi connectivity index (χ2v) is 4.36. The molecule has 0 amide bonds. The first kappa shape index (κ1) is 11.3. The molecular formula is C12H13ClN2O. The number of rotatable bonds is 2. The van der Waals surface area contributed by atoms with Crippen molar-refractivity contribution in [1.82, 2.24) is 4.98 Å². The number of nitrogens with zero attached hydrogens (tertiary/aromatic N) is 1. The number of nitrogens with two attached hydrogens (primary N) is 1. The molecule has 0 spiro atoms. The molecule has 0 aliphatic heterocycles. The second-order valence-electron chi connectivity index (χ2n) is 4.00. The number of benzene rings is 1. The van der Waals surface area contributed by atoms with E-state index in [1.165, 1.54) is 0 Å². The highest BCUT2D eigenvalue weighted by molar-refractivity contribution is 6.30. The van der Waals surface area contributed by atoms with Crippen molar-refractivity contribution in [3.8, 4) is 0 Å². The minimum absolute atomic E-state index is 0.104. The highest BCUT2D eigenvalue weighted by Gasteiger charge is 2.25. The summed E-state index contributed by atoms with van der Waals surface area (Å²) in [4.78, 5) is 4.24. The molecule has 3 N–H and O–H groups in total. The van der Waals surface area contributed by atoms with Crippen LogP contribution in [0.15, 0.2) is 30.3 Å². The maximum absolute atomic E-state index is 10.1. The van der Waals surface area contributed by atoms with Crippen LogP contribution >= 0.6 is 11.6 Å². The molecule has 84 valence electrons. The van der Waals surface area contributed by atoms with E-state index >= 15 is 0 Å². The quantitative estimate of drug-likeness (QED) is 0.785. The first-order chi connectivity index (χ1) is 7.54. The van der Waals surface area contributed by atoms with Gasteiger partial charge >= 0.3 is 0 Å². The molecule has 0 saturated heterocycles. The van der Waals surface area contributed by atoms with Gasteiger partial charge in [0, 0.05) is 17.5 Å². The standard InChI is InChI=1S/C12H13ClN2O/c1-12(16,7-14)9-6-8-4-2-3-5-10(8)15-11(9)13/h2-6,16H,7,14H2,1H3. The molecule has 4 heteroatoms. The van der Waals surface area contributed by atoms with Gasteiger partial charge in [-0.05, 0) is 19.1 Å². The number of halogens is 1. The fourth-order valence-electron chi connectivity index (χ4n) is 1.58. The number of para-hydroxylation sites is 1. The summed E-state index contributed by atoms with van der Waals surface area (Å²) in [6, 6.07) is 9.44. The minimum Gasteiger partial charge on any atom is -0.384 e. The zero-order chi connectivity index (χ0) is 11.8. The van der Waals surface area contributed by atoms with Crippen molar-refractivity contribution >= 4 is 22.5 Å². The molecule has 2 aromatic rings. The maximum atomic E-state index is 10.1. The molecular weight excluding hydrogens is 224 g/mol. The summed E-state index contributed by atoms with van der Waals surface area (Å²) in [5, 5.41) is 11.3. The van der Waals surface area contributed by atoms with Crippen LogP contribution in [0.4, 0.5) is 0 Å². The van der Waals surface area contributed by atoms with Gasteiger partial charge in [-0.1, -0.05) is 29.8 Å². The number of hydrogen-bond acceptors (Lipinski definition) is 3. The van der Waals surface area contributed by atoms with E-state index in [9.17, 15) is 5.11 Å². The SMILES string of the molecule is CC(O)(CN)c1cc2ccccc2nc1Cl. The summed E-state index contributed by atoms with van der Waals surface area (Å²) in [5.41, 5.74) is 5.74. The van der Waals surface area contributed by atoms with Crippen molar-refractivity contribution in [3.05, 3.63) is 41.0 Å². The Kier molecular flexibility index (Phi) is 2.84. The number of fused-ring (bicyclic) bond motifs is 1. The lowest BCUT2D eigenvalue weighted by molar-refractivity contribution is 0.0668. The molecule has 0 radical (unpaired) electrons. The summed E-state index contributed by atoms with van der Waals surface area (Å²) in [6.07, 6.45) is 0. The molecule has 1 aromatic carbocycles. The Hall–Kier alpha value is -1.16. The minimum atomic E-state index is -1.14. The van der Waals surface area contributed by atoms with E-state index in [0.717, 1.165) is 10.9 Å². The highest BCUT2D eigenvalue weighted by Crippen LogP contribution is 2.28. The monoisotopic (exact) mass is 236 g/mol. The zero-order valence-electron chi connectivity index (χ0n) is 8.94. The Balaban J connectivity index is 2.67. The second kappa shape index (κ2) is 4.01. The third kappa shape index (κ3) is 1.89. The van der Waals surface area contributed by atoms with Crippen LogP contribution in [0.3, 0.4) is 0 Å². The van der Waals surface area contributed by atoms with E-state index in [1.54, 1.807) is 6.92 Å². The van der Waals surface area contributed by atoms with Crippen molar-refractivity contribution in [3.63, 3.8) is 0 Å². The van der Waals surface area contributed by atoms with E-state index in [0.29, 0.717) is 10.7 Å².